The Bertz CT molecular complexity index is 2350. The molecule has 0 amide bonds. The summed E-state index contributed by atoms with van der Waals surface area (Å²) in [6.07, 6.45) is 4.65. The summed E-state index contributed by atoms with van der Waals surface area (Å²) in [5.41, 5.74) is 1.57. The molecule has 284 valence electrons. The molecule has 6 aromatic rings. The van der Waals surface area contributed by atoms with Crippen LogP contribution in [0, 0.1) is 0 Å². The van der Waals surface area contributed by atoms with Crippen LogP contribution in [0.5, 0.6) is 5.75 Å². The molecule has 0 aliphatic heterocycles. The van der Waals surface area contributed by atoms with E-state index < -0.39 is 23.4 Å². The number of phenols is 1. The number of fused-ring (bicyclic) bond motifs is 2. The number of aliphatic hydroxyl groups excluding tert-OH is 1. The number of aryl methyl sites for hydroxylation is 1. The second kappa shape index (κ2) is 16.0. The van der Waals surface area contributed by atoms with Crippen molar-refractivity contribution < 1.29 is 29.6 Å². The molecule has 0 saturated heterocycles. The number of hydrogen-bond donors (Lipinski definition) is 6. The second-order valence-electron chi connectivity index (χ2n) is 14.1. The Labute approximate surface area is 318 Å². The molecule has 1 fully saturated rings. The van der Waals surface area contributed by atoms with Gasteiger partial charge in [-0.15, -0.1) is 22.7 Å². The van der Waals surface area contributed by atoms with Crippen molar-refractivity contribution >= 4 is 50.6 Å². The molecule has 12 nitrogen and oxygen atoms in total. The Balaban J connectivity index is 0.882. The van der Waals surface area contributed by atoms with Crippen molar-refractivity contribution in [2.24, 2.45) is 0 Å². The first-order chi connectivity index (χ1) is 26.0. The number of carbonyl (C=O) groups is 1. The number of carboxylic acid groups (broad SMARTS) is 1. The van der Waals surface area contributed by atoms with Crippen molar-refractivity contribution in [2.75, 3.05) is 20.1 Å². The number of aromatic amines is 1. The maximum Gasteiger partial charge on any atom is 0.419 e. The lowest BCUT2D eigenvalue weighted by Gasteiger charge is -2.35. The van der Waals surface area contributed by atoms with Gasteiger partial charge in [-0.1, -0.05) is 18.2 Å². The van der Waals surface area contributed by atoms with Crippen LogP contribution in [0.25, 0.3) is 22.0 Å². The van der Waals surface area contributed by atoms with Crippen LogP contribution in [-0.2, 0) is 23.5 Å². The Morgan fingerprint density at radius 2 is 1.87 bits per heavy atom. The maximum absolute atomic E-state index is 12.8. The molecule has 1 aliphatic carbocycles. The number of nitrogens with one attached hydrogen (secondary N) is 2. The topological polar surface area (TPSA) is 181 Å². The number of benzene rings is 2. The molecule has 4 aromatic heterocycles. The smallest absolute Gasteiger partial charge is 0.419 e. The van der Waals surface area contributed by atoms with Gasteiger partial charge in [0, 0.05) is 37.1 Å². The molecule has 7 rings (SSSR count). The highest BCUT2D eigenvalue weighted by atomic mass is 32.1. The molecule has 4 heterocycles. The normalized spacial score (nSPS) is 18.0. The summed E-state index contributed by atoms with van der Waals surface area (Å²) in [6.45, 7) is 2.08. The molecule has 0 radical (unpaired) electrons. The van der Waals surface area contributed by atoms with Gasteiger partial charge in [0.05, 0.1) is 26.9 Å². The van der Waals surface area contributed by atoms with Crippen LogP contribution >= 0.6 is 22.7 Å². The number of H-pyrrole nitrogens is 1. The van der Waals surface area contributed by atoms with E-state index in [2.05, 4.69) is 22.2 Å². The van der Waals surface area contributed by atoms with Crippen molar-refractivity contribution in [2.45, 2.75) is 75.3 Å². The Hall–Kier alpha value is -4.57. The number of oxazole rings is 1. The fourth-order valence-corrected chi connectivity index (χ4v) is 9.79. The number of aliphatic hydroxyl groups is 2. The van der Waals surface area contributed by atoms with Crippen LogP contribution in [0.2, 0.25) is 0 Å². The van der Waals surface area contributed by atoms with E-state index in [0.717, 1.165) is 61.7 Å². The third-order valence-corrected chi connectivity index (χ3v) is 12.8. The highest BCUT2D eigenvalue weighted by Crippen LogP contribution is 2.44. The number of nitrogens with zero attached hydrogens (tertiary/aromatic N) is 2. The minimum atomic E-state index is -2.03. The van der Waals surface area contributed by atoms with Gasteiger partial charge in [-0.25, -0.2) is 9.59 Å². The lowest BCUT2D eigenvalue weighted by Crippen LogP contribution is -2.37. The molecular weight excluding hydrogens is 729 g/mol. The quantitative estimate of drug-likeness (QED) is 0.0694. The first-order valence-electron chi connectivity index (χ1n) is 18.2. The van der Waals surface area contributed by atoms with E-state index in [4.69, 9.17) is 4.42 Å². The fourth-order valence-electron chi connectivity index (χ4n) is 7.82. The third kappa shape index (κ3) is 7.54. The first kappa shape index (κ1) is 37.7. The van der Waals surface area contributed by atoms with Crippen LogP contribution < -0.4 is 16.6 Å². The highest BCUT2D eigenvalue weighted by Gasteiger charge is 2.45. The summed E-state index contributed by atoms with van der Waals surface area (Å²) < 4.78 is 7.28. The number of unbranched alkanes of at least 4 members (excludes halogenated alkanes) is 1. The van der Waals surface area contributed by atoms with Crippen molar-refractivity contribution in [3.8, 4) is 5.75 Å². The van der Waals surface area contributed by atoms with Crippen LogP contribution in [0.3, 0.4) is 0 Å². The van der Waals surface area contributed by atoms with E-state index in [-0.39, 0.29) is 29.3 Å². The SMILES string of the molecule is CN(CCCCn1c(=O)oc2cc(CNC[C@H](O)c3ccc(O)c4[nH]c(=O)ccc34)ccc21)C1CCC(c2ccsc2C(O)(C(=O)O)c2cccs2)CC1. The predicted molar refractivity (Wildman–Crippen MR) is 210 cm³/mol. The molecular formula is C40H44N4O8S2. The molecule has 2 atom stereocenters. The lowest BCUT2D eigenvalue weighted by atomic mass is 9.79. The summed E-state index contributed by atoms with van der Waals surface area (Å²) >= 11 is 2.57. The summed E-state index contributed by atoms with van der Waals surface area (Å²) in [4.78, 5) is 42.8. The zero-order valence-corrected chi connectivity index (χ0v) is 31.5. The van der Waals surface area contributed by atoms with Crippen LogP contribution in [0.15, 0.2) is 85.4 Å². The zero-order chi connectivity index (χ0) is 38.0. The number of aromatic hydroxyl groups is 1. The van der Waals surface area contributed by atoms with Crippen LogP contribution in [-0.4, -0.2) is 67.0 Å². The van der Waals surface area contributed by atoms with Gasteiger partial charge in [0.2, 0.25) is 11.2 Å². The van der Waals surface area contributed by atoms with E-state index in [1.54, 1.807) is 34.2 Å². The molecule has 54 heavy (non-hydrogen) atoms. The summed E-state index contributed by atoms with van der Waals surface area (Å²) in [6, 6.07) is 17.5. The first-order valence-corrected chi connectivity index (χ1v) is 19.9. The van der Waals surface area contributed by atoms with Gasteiger partial charge in [0.1, 0.15) is 5.75 Å². The average Bonchev–Trinajstić information content (AvgIpc) is 3.95. The molecule has 2 aromatic carbocycles. The van der Waals surface area contributed by atoms with Gasteiger partial charge in [-0.3, -0.25) is 9.36 Å². The van der Waals surface area contributed by atoms with Gasteiger partial charge in [-0.05, 0) is 122 Å². The van der Waals surface area contributed by atoms with E-state index in [0.29, 0.717) is 45.4 Å². The predicted octanol–water partition coefficient (Wildman–Crippen LogP) is 5.85. The maximum atomic E-state index is 12.8. The van der Waals surface area contributed by atoms with E-state index in [1.165, 1.54) is 34.8 Å². The fraction of sp³-hybridized carbons (Fsp3) is 0.375. The molecule has 14 heteroatoms. The van der Waals surface area contributed by atoms with E-state index in [1.807, 2.05) is 29.6 Å². The van der Waals surface area contributed by atoms with Crippen molar-refractivity contribution in [3.05, 3.63) is 119 Å². The zero-order valence-electron chi connectivity index (χ0n) is 29.9. The standard InChI is InChI=1S/C40H44N4O8S2/c1-43(26-9-7-25(8-10-26)27-16-20-54-37(27)40(51,38(48)49)34-5-4-19-53-34)17-2-3-18-44-30-13-6-24(21-33(30)52-39(44)50)22-41-23-32(46)28-11-14-31(45)36-29(28)12-15-35(47)42-36/h4-6,11-16,19-21,25-26,32,41,45-46,51H,2-3,7-10,17-18,22-23H2,1H3,(H,42,47)(H,48,49)/t25?,26?,32-,40?/m0/s1. The minimum absolute atomic E-state index is 0.0631. The summed E-state index contributed by atoms with van der Waals surface area (Å²) in [5.74, 6) is -1.50. The molecule has 1 saturated carbocycles. The van der Waals surface area contributed by atoms with Crippen molar-refractivity contribution in [1.29, 1.82) is 0 Å². The van der Waals surface area contributed by atoms with Gasteiger partial charge in [-0.2, -0.15) is 0 Å². The average molecular weight is 773 g/mol. The van der Waals surface area contributed by atoms with Gasteiger partial charge in [0.15, 0.2) is 5.58 Å². The largest absolute Gasteiger partial charge is 0.506 e. The van der Waals surface area contributed by atoms with E-state index in [9.17, 15) is 34.8 Å². The van der Waals surface area contributed by atoms with Gasteiger partial charge in [0.25, 0.3) is 0 Å². The molecule has 1 unspecified atom stereocenters. The van der Waals surface area contributed by atoms with Crippen molar-refractivity contribution in [3.63, 3.8) is 0 Å². The minimum Gasteiger partial charge on any atom is -0.506 e. The number of hydrogen-bond acceptors (Lipinski definition) is 11. The number of thiophene rings is 2. The van der Waals surface area contributed by atoms with Crippen molar-refractivity contribution in [1.82, 2.24) is 19.8 Å². The number of aromatic nitrogens is 2. The highest BCUT2D eigenvalue weighted by molar-refractivity contribution is 7.12. The number of carboxylic acids is 1. The number of phenolic OH excluding ortho intramolecular Hbond substituents is 1. The number of aliphatic carboxylic acids is 1. The van der Waals surface area contributed by atoms with Crippen LogP contribution in [0.1, 0.15) is 77.0 Å². The molecule has 1 aliphatic rings. The monoisotopic (exact) mass is 772 g/mol. The Morgan fingerprint density at radius 1 is 1.06 bits per heavy atom. The third-order valence-electron chi connectivity index (χ3n) is 10.8. The van der Waals surface area contributed by atoms with Gasteiger partial charge < -0.3 is 40.0 Å². The molecule has 0 spiro atoms. The van der Waals surface area contributed by atoms with E-state index >= 15 is 0 Å². The summed E-state index contributed by atoms with van der Waals surface area (Å²) in [7, 11) is 2.14. The summed E-state index contributed by atoms with van der Waals surface area (Å²) in [5, 5.41) is 50.0. The van der Waals surface area contributed by atoms with Crippen LogP contribution in [0.4, 0.5) is 0 Å². The molecule has 0 bridgehead atoms. The number of rotatable bonds is 15. The molecule has 6 N–H and O–H groups in total. The lowest BCUT2D eigenvalue weighted by molar-refractivity contribution is -0.154. The number of pyridine rings is 1. The Morgan fingerprint density at radius 3 is 2.63 bits per heavy atom. The Kier molecular flexibility index (Phi) is 11.2. The van der Waals surface area contributed by atoms with Gasteiger partial charge >= 0.3 is 11.7 Å². The second-order valence-corrected chi connectivity index (χ2v) is 16.0.